The summed E-state index contributed by atoms with van der Waals surface area (Å²) in [5.41, 5.74) is 0. The van der Waals surface area contributed by atoms with E-state index in [1.165, 1.54) is 0 Å². The number of nitrogens with zero attached hydrogens (tertiary/aromatic N) is 1. The normalized spacial score (nSPS) is 21.6. The second kappa shape index (κ2) is 7.50. The fourth-order valence-corrected chi connectivity index (χ4v) is 1.90. The summed E-state index contributed by atoms with van der Waals surface area (Å²) in [6.45, 7) is 4.84. The molecule has 1 aliphatic heterocycles. The van der Waals surface area contributed by atoms with Gasteiger partial charge in [-0.1, -0.05) is 6.92 Å². The molecule has 1 fully saturated rings. The van der Waals surface area contributed by atoms with E-state index >= 15 is 0 Å². The summed E-state index contributed by atoms with van der Waals surface area (Å²) in [5.74, 6) is -0.906. The molecule has 2 N–H and O–H groups in total. The van der Waals surface area contributed by atoms with E-state index < -0.39 is 12.0 Å². The zero-order valence-electron chi connectivity index (χ0n) is 10.3. The van der Waals surface area contributed by atoms with E-state index in [1.54, 1.807) is 4.90 Å². The van der Waals surface area contributed by atoms with Crippen molar-refractivity contribution in [3.05, 3.63) is 0 Å². The average Bonchev–Trinajstić information content (AvgIpc) is 2.65. The van der Waals surface area contributed by atoms with Crippen LogP contribution < -0.4 is 5.32 Å². The van der Waals surface area contributed by atoms with Gasteiger partial charge in [0.25, 0.3) is 0 Å². The number of carbonyl (C=O) groups excluding carboxylic acids is 1. The van der Waals surface area contributed by atoms with Gasteiger partial charge in [0.05, 0.1) is 6.54 Å². The Bertz CT molecular complexity index is 273. The maximum absolute atomic E-state index is 11.6. The predicted octanol–water partition coefficient (Wildman–Crippen LogP) is 0.872. The molecule has 6 heteroatoms. The van der Waals surface area contributed by atoms with Crippen molar-refractivity contribution >= 4 is 24.3 Å². The van der Waals surface area contributed by atoms with Crippen LogP contribution in [0.15, 0.2) is 0 Å². The fourth-order valence-electron chi connectivity index (χ4n) is 1.90. The molecule has 2 atom stereocenters. The SMILES string of the molecule is CCC(C)NC(=O)CN1CCCC1C(=O)O.Cl. The minimum absolute atomic E-state index is 0. The Labute approximate surface area is 108 Å². The summed E-state index contributed by atoms with van der Waals surface area (Å²) in [6, 6.07) is -0.332. The van der Waals surface area contributed by atoms with Crippen LogP contribution in [0.4, 0.5) is 0 Å². The zero-order chi connectivity index (χ0) is 12.1. The molecule has 0 radical (unpaired) electrons. The lowest BCUT2D eigenvalue weighted by Gasteiger charge is -2.21. The smallest absolute Gasteiger partial charge is 0.320 e. The molecule has 17 heavy (non-hydrogen) atoms. The van der Waals surface area contributed by atoms with Crippen LogP contribution in [-0.2, 0) is 9.59 Å². The molecule has 0 aromatic carbocycles. The van der Waals surface area contributed by atoms with Gasteiger partial charge in [0.15, 0.2) is 0 Å². The number of aliphatic carboxylic acids is 1. The van der Waals surface area contributed by atoms with Crippen molar-refractivity contribution in [2.24, 2.45) is 0 Å². The fraction of sp³-hybridized carbons (Fsp3) is 0.818. The molecule has 1 amide bonds. The van der Waals surface area contributed by atoms with Crippen LogP contribution in [0.2, 0.25) is 0 Å². The first kappa shape index (κ1) is 16.2. The Balaban J connectivity index is 0.00000256. The quantitative estimate of drug-likeness (QED) is 0.773. The number of carbonyl (C=O) groups is 2. The lowest BCUT2D eigenvalue weighted by molar-refractivity contribution is -0.142. The van der Waals surface area contributed by atoms with Gasteiger partial charge < -0.3 is 10.4 Å². The van der Waals surface area contributed by atoms with Gasteiger partial charge in [-0.3, -0.25) is 14.5 Å². The second-order valence-electron chi connectivity index (χ2n) is 4.34. The Kier molecular flexibility index (Phi) is 7.15. The molecule has 0 saturated carbocycles. The molecule has 5 nitrogen and oxygen atoms in total. The summed E-state index contributed by atoms with van der Waals surface area (Å²) in [7, 11) is 0. The first-order valence-electron chi connectivity index (χ1n) is 5.80. The van der Waals surface area contributed by atoms with Gasteiger partial charge in [-0.15, -0.1) is 12.4 Å². The summed E-state index contributed by atoms with van der Waals surface area (Å²) in [4.78, 5) is 24.2. The van der Waals surface area contributed by atoms with Crippen LogP contribution in [0.5, 0.6) is 0 Å². The van der Waals surface area contributed by atoms with Crippen molar-refractivity contribution in [2.45, 2.75) is 45.2 Å². The van der Waals surface area contributed by atoms with Crippen molar-refractivity contribution < 1.29 is 14.7 Å². The molecule has 0 aromatic heterocycles. The Morgan fingerprint density at radius 2 is 2.18 bits per heavy atom. The molecule has 0 bridgehead atoms. The van der Waals surface area contributed by atoms with Gasteiger partial charge in [-0.25, -0.2) is 0 Å². The lowest BCUT2D eigenvalue weighted by atomic mass is 10.2. The van der Waals surface area contributed by atoms with Crippen LogP contribution in [0, 0.1) is 0 Å². The van der Waals surface area contributed by atoms with Crippen LogP contribution >= 0.6 is 12.4 Å². The van der Waals surface area contributed by atoms with Gasteiger partial charge in [0, 0.05) is 6.04 Å². The van der Waals surface area contributed by atoms with Crippen molar-refractivity contribution in [3.8, 4) is 0 Å². The lowest BCUT2D eigenvalue weighted by Crippen LogP contribution is -2.44. The number of rotatable bonds is 5. The second-order valence-corrected chi connectivity index (χ2v) is 4.34. The van der Waals surface area contributed by atoms with E-state index in [9.17, 15) is 9.59 Å². The number of amides is 1. The number of carboxylic acid groups (broad SMARTS) is 1. The topological polar surface area (TPSA) is 69.6 Å². The number of carboxylic acids is 1. The van der Waals surface area contributed by atoms with Crippen LogP contribution in [-0.4, -0.2) is 47.1 Å². The van der Waals surface area contributed by atoms with E-state index in [1.807, 2.05) is 13.8 Å². The van der Waals surface area contributed by atoms with Crippen LogP contribution in [0.25, 0.3) is 0 Å². The summed E-state index contributed by atoms with van der Waals surface area (Å²) < 4.78 is 0. The largest absolute Gasteiger partial charge is 0.480 e. The molecule has 0 aromatic rings. The van der Waals surface area contributed by atoms with E-state index in [0.29, 0.717) is 13.0 Å². The van der Waals surface area contributed by atoms with Crippen LogP contribution in [0.3, 0.4) is 0 Å². The molecule has 2 unspecified atom stereocenters. The van der Waals surface area contributed by atoms with Crippen molar-refractivity contribution in [1.29, 1.82) is 0 Å². The molecule has 1 saturated heterocycles. The van der Waals surface area contributed by atoms with E-state index in [2.05, 4.69) is 5.32 Å². The van der Waals surface area contributed by atoms with E-state index in [-0.39, 0.29) is 30.9 Å². The van der Waals surface area contributed by atoms with Gasteiger partial charge >= 0.3 is 5.97 Å². The van der Waals surface area contributed by atoms with Crippen molar-refractivity contribution in [1.82, 2.24) is 10.2 Å². The minimum Gasteiger partial charge on any atom is -0.480 e. The molecule has 1 heterocycles. The van der Waals surface area contributed by atoms with Crippen LogP contribution in [0.1, 0.15) is 33.1 Å². The number of hydrogen-bond donors (Lipinski definition) is 2. The van der Waals surface area contributed by atoms with Gasteiger partial charge in [-0.2, -0.15) is 0 Å². The molecule has 1 aliphatic rings. The minimum atomic E-state index is -0.825. The first-order valence-corrected chi connectivity index (χ1v) is 5.80. The monoisotopic (exact) mass is 264 g/mol. The molecule has 0 aliphatic carbocycles. The predicted molar refractivity (Wildman–Crippen MR) is 67.4 cm³/mol. The summed E-state index contributed by atoms with van der Waals surface area (Å²) in [6.07, 6.45) is 2.38. The van der Waals surface area contributed by atoms with Gasteiger partial charge in [-0.05, 0) is 32.7 Å². The Hall–Kier alpha value is -0.810. The average molecular weight is 265 g/mol. The maximum atomic E-state index is 11.6. The highest BCUT2D eigenvalue weighted by Crippen LogP contribution is 2.16. The molecule has 0 spiro atoms. The maximum Gasteiger partial charge on any atom is 0.320 e. The van der Waals surface area contributed by atoms with Gasteiger partial charge in [0.2, 0.25) is 5.91 Å². The third kappa shape index (κ3) is 4.91. The highest BCUT2D eigenvalue weighted by Gasteiger charge is 2.31. The highest BCUT2D eigenvalue weighted by molar-refractivity contribution is 5.85. The van der Waals surface area contributed by atoms with Crippen molar-refractivity contribution in [2.75, 3.05) is 13.1 Å². The molecular formula is C11H21ClN2O3. The Morgan fingerprint density at radius 3 is 2.71 bits per heavy atom. The Morgan fingerprint density at radius 1 is 1.53 bits per heavy atom. The first-order chi connectivity index (χ1) is 7.54. The highest BCUT2D eigenvalue weighted by atomic mass is 35.5. The zero-order valence-corrected chi connectivity index (χ0v) is 11.1. The third-order valence-corrected chi connectivity index (χ3v) is 3.02. The van der Waals surface area contributed by atoms with E-state index in [4.69, 9.17) is 5.11 Å². The summed E-state index contributed by atoms with van der Waals surface area (Å²) in [5, 5.41) is 11.8. The molecular weight excluding hydrogens is 244 g/mol. The number of hydrogen-bond acceptors (Lipinski definition) is 3. The molecule has 100 valence electrons. The third-order valence-electron chi connectivity index (χ3n) is 3.02. The van der Waals surface area contributed by atoms with Crippen molar-refractivity contribution in [3.63, 3.8) is 0 Å². The summed E-state index contributed by atoms with van der Waals surface area (Å²) >= 11 is 0. The number of likely N-dealkylation sites (tertiary alicyclic amines) is 1. The van der Waals surface area contributed by atoms with E-state index in [0.717, 1.165) is 12.8 Å². The molecule has 1 rings (SSSR count). The standard InChI is InChI=1S/C11H20N2O3.ClH/c1-3-8(2)12-10(14)7-13-6-4-5-9(13)11(15)16;/h8-9H,3-7H2,1-2H3,(H,12,14)(H,15,16);1H. The number of nitrogens with one attached hydrogen (secondary N) is 1. The number of halogens is 1. The van der Waals surface area contributed by atoms with Gasteiger partial charge in [0.1, 0.15) is 6.04 Å².